The van der Waals surface area contributed by atoms with Gasteiger partial charge in [0, 0.05) is 11.5 Å². The third kappa shape index (κ3) is 3.21. The Hall–Kier alpha value is -1.55. The summed E-state index contributed by atoms with van der Waals surface area (Å²) in [4.78, 5) is 4.81. The number of ether oxygens (including phenoxy) is 1. The third-order valence-electron chi connectivity index (χ3n) is 3.87. The van der Waals surface area contributed by atoms with Gasteiger partial charge >= 0.3 is 0 Å². The van der Waals surface area contributed by atoms with Gasteiger partial charge in [-0.2, -0.15) is 0 Å². The number of benzene rings is 1. The summed E-state index contributed by atoms with van der Waals surface area (Å²) in [6, 6.07) is 8.07. The summed E-state index contributed by atoms with van der Waals surface area (Å²) < 4.78 is 5.67. The van der Waals surface area contributed by atoms with Crippen LogP contribution in [0.3, 0.4) is 0 Å². The summed E-state index contributed by atoms with van der Waals surface area (Å²) in [5.74, 6) is 1.51. The molecule has 3 nitrogen and oxygen atoms in total. The topological polar surface area (TPSA) is 48.1 Å². The molecule has 0 atom stereocenters. The number of hydrogen-bond donors (Lipinski definition) is 1. The summed E-state index contributed by atoms with van der Waals surface area (Å²) in [7, 11) is 0. The van der Waals surface area contributed by atoms with E-state index in [1.54, 1.807) is 11.3 Å². The quantitative estimate of drug-likeness (QED) is 0.879. The van der Waals surface area contributed by atoms with Crippen molar-refractivity contribution in [2.45, 2.75) is 51.6 Å². The number of rotatable bonds is 4. The van der Waals surface area contributed by atoms with E-state index in [4.69, 9.17) is 15.5 Å². The molecule has 0 aliphatic heterocycles. The molecule has 4 heteroatoms. The van der Waals surface area contributed by atoms with E-state index in [1.165, 1.54) is 30.7 Å². The predicted octanol–water partition coefficient (Wildman–Crippen LogP) is 4.84. The highest BCUT2D eigenvalue weighted by Crippen LogP contribution is 2.40. The highest BCUT2D eigenvalue weighted by atomic mass is 32.1. The molecule has 0 bridgehead atoms. The van der Waals surface area contributed by atoms with Gasteiger partial charge in [0.05, 0.1) is 11.1 Å². The zero-order valence-corrected chi connectivity index (χ0v) is 13.5. The van der Waals surface area contributed by atoms with Crippen molar-refractivity contribution in [3.63, 3.8) is 0 Å². The lowest BCUT2D eigenvalue weighted by atomic mass is 10.1. The van der Waals surface area contributed by atoms with Crippen LogP contribution >= 0.6 is 11.3 Å². The van der Waals surface area contributed by atoms with Crippen LogP contribution in [0.1, 0.15) is 50.5 Å². The first kappa shape index (κ1) is 14.4. The maximum atomic E-state index is 6.18. The van der Waals surface area contributed by atoms with E-state index in [2.05, 4.69) is 0 Å². The molecule has 1 aromatic carbocycles. The highest BCUT2D eigenvalue weighted by Gasteiger charge is 2.22. The van der Waals surface area contributed by atoms with Gasteiger partial charge in [-0.3, -0.25) is 0 Å². The number of aromatic nitrogens is 1. The van der Waals surface area contributed by atoms with Crippen LogP contribution < -0.4 is 10.5 Å². The molecule has 3 rings (SSSR count). The van der Waals surface area contributed by atoms with Gasteiger partial charge in [0.2, 0.25) is 0 Å². The number of thiazole rings is 1. The first-order chi connectivity index (χ1) is 10.1. The Balaban J connectivity index is 1.82. The predicted molar refractivity (Wildman–Crippen MR) is 88.9 cm³/mol. The van der Waals surface area contributed by atoms with Gasteiger partial charge in [0.25, 0.3) is 0 Å². The van der Waals surface area contributed by atoms with Gasteiger partial charge in [0.15, 0.2) is 0 Å². The van der Waals surface area contributed by atoms with E-state index in [0.717, 1.165) is 22.0 Å². The molecule has 0 unspecified atom stereocenters. The number of anilines is 1. The van der Waals surface area contributed by atoms with Crippen LogP contribution in [0.4, 0.5) is 5.00 Å². The number of nitrogens with two attached hydrogens (primary N) is 1. The van der Waals surface area contributed by atoms with Crippen molar-refractivity contribution >= 4 is 16.3 Å². The number of hydrogen-bond acceptors (Lipinski definition) is 4. The molecule has 1 heterocycles. The Bertz CT molecular complexity index is 598. The van der Waals surface area contributed by atoms with Gasteiger partial charge in [-0.25, -0.2) is 4.98 Å². The second-order valence-electron chi connectivity index (χ2n) is 5.94. The van der Waals surface area contributed by atoms with Crippen molar-refractivity contribution in [3.05, 3.63) is 29.3 Å². The smallest absolute Gasteiger partial charge is 0.119 e. The minimum atomic E-state index is 0.189. The largest absolute Gasteiger partial charge is 0.491 e. The Morgan fingerprint density at radius 1 is 1.19 bits per heavy atom. The first-order valence-electron chi connectivity index (χ1n) is 7.67. The third-order valence-corrected chi connectivity index (χ3v) is 4.92. The zero-order valence-electron chi connectivity index (χ0n) is 12.6. The van der Waals surface area contributed by atoms with Crippen LogP contribution in [-0.4, -0.2) is 11.1 Å². The maximum absolute atomic E-state index is 6.18. The normalized spacial score (nSPS) is 15.8. The van der Waals surface area contributed by atoms with E-state index < -0.39 is 0 Å². The number of nitrogen functional groups attached to an aromatic ring is 1. The average Bonchev–Trinajstić information content (AvgIpc) is 3.08. The summed E-state index contributed by atoms with van der Waals surface area (Å²) in [5.41, 5.74) is 8.19. The lowest BCUT2D eigenvalue weighted by molar-refractivity contribution is 0.242. The highest BCUT2D eigenvalue weighted by molar-refractivity contribution is 7.16. The average molecular weight is 302 g/mol. The van der Waals surface area contributed by atoms with E-state index in [0.29, 0.717) is 5.92 Å². The summed E-state index contributed by atoms with van der Waals surface area (Å²) in [6.45, 7) is 4.06. The summed E-state index contributed by atoms with van der Waals surface area (Å²) >= 11 is 1.66. The molecule has 1 fully saturated rings. The minimum absolute atomic E-state index is 0.189. The second-order valence-corrected chi connectivity index (χ2v) is 7.00. The minimum Gasteiger partial charge on any atom is -0.491 e. The van der Waals surface area contributed by atoms with Crippen LogP contribution in [0.2, 0.25) is 0 Å². The summed E-state index contributed by atoms with van der Waals surface area (Å²) in [5, 5.41) is 2.04. The first-order valence-corrected chi connectivity index (χ1v) is 8.48. The maximum Gasteiger partial charge on any atom is 0.119 e. The van der Waals surface area contributed by atoms with E-state index in [-0.39, 0.29) is 6.10 Å². The Kier molecular flexibility index (Phi) is 4.15. The molecule has 1 saturated carbocycles. The Morgan fingerprint density at radius 2 is 1.86 bits per heavy atom. The van der Waals surface area contributed by atoms with E-state index >= 15 is 0 Å². The van der Waals surface area contributed by atoms with Crippen LogP contribution in [-0.2, 0) is 0 Å². The Labute approximate surface area is 130 Å². The zero-order chi connectivity index (χ0) is 14.8. The fourth-order valence-corrected chi connectivity index (χ4v) is 3.89. The fourth-order valence-electron chi connectivity index (χ4n) is 2.87. The lowest BCUT2D eigenvalue weighted by Gasteiger charge is -2.09. The Morgan fingerprint density at radius 3 is 2.48 bits per heavy atom. The molecule has 2 aromatic rings. The van der Waals surface area contributed by atoms with Gasteiger partial charge in [-0.1, -0.05) is 12.8 Å². The molecule has 21 heavy (non-hydrogen) atoms. The lowest BCUT2D eigenvalue weighted by Crippen LogP contribution is -2.05. The van der Waals surface area contributed by atoms with Crippen molar-refractivity contribution in [1.29, 1.82) is 0 Å². The van der Waals surface area contributed by atoms with Gasteiger partial charge in [-0.15, -0.1) is 11.3 Å². The van der Waals surface area contributed by atoms with Crippen molar-refractivity contribution in [1.82, 2.24) is 4.98 Å². The molecule has 0 saturated heterocycles. The molecule has 2 N–H and O–H groups in total. The fraction of sp³-hybridized carbons (Fsp3) is 0.471. The molecular formula is C17H22N2OS. The molecule has 0 radical (unpaired) electrons. The van der Waals surface area contributed by atoms with Gasteiger partial charge in [-0.05, 0) is 51.0 Å². The molecule has 0 spiro atoms. The monoisotopic (exact) mass is 302 g/mol. The van der Waals surface area contributed by atoms with Gasteiger partial charge in [0.1, 0.15) is 16.4 Å². The van der Waals surface area contributed by atoms with E-state index in [9.17, 15) is 0 Å². The number of nitrogens with zero attached hydrogens (tertiary/aromatic N) is 1. The van der Waals surface area contributed by atoms with Crippen molar-refractivity contribution < 1.29 is 4.74 Å². The van der Waals surface area contributed by atoms with Gasteiger partial charge < -0.3 is 10.5 Å². The molecule has 112 valence electrons. The van der Waals surface area contributed by atoms with E-state index in [1.807, 2.05) is 38.1 Å². The van der Waals surface area contributed by atoms with Crippen LogP contribution in [0.25, 0.3) is 11.3 Å². The molecular weight excluding hydrogens is 280 g/mol. The van der Waals surface area contributed by atoms with Crippen molar-refractivity contribution in [2.24, 2.45) is 0 Å². The standard InChI is InChI=1S/C17H22N2OS/c1-11(2)20-14-9-7-12(8-10-14)15-16(18)21-17(19-15)13-5-3-4-6-13/h7-11,13H,3-6,18H2,1-2H3. The van der Waals surface area contributed by atoms with Crippen LogP contribution in [0.5, 0.6) is 5.75 Å². The molecule has 1 aromatic heterocycles. The molecule has 1 aliphatic rings. The SMILES string of the molecule is CC(C)Oc1ccc(-c2nc(C3CCCC3)sc2N)cc1. The molecule has 0 amide bonds. The van der Waals surface area contributed by atoms with Crippen molar-refractivity contribution in [2.75, 3.05) is 5.73 Å². The van der Waals surface area contributed by atoms with Crippen LogP contribution in [0.15, 0.2) is 24.3 Å². The van der Waals surface area contributed by atoms with Crippen LogP contribution in [0, 0.1) is 0 Å². The summed E-state index contributed by atoms with van der Waals surface area (Å²) in [6.07, 6.45) is 5.34. The second kappa shape index (κ2) is 6.06. The molecule has 1 aliphatic carbocycles. The van der Waals surface area contributed by atoms with Crippen molar-refractivity contribution in [3.8, 4) is 17.0 Å².